The van der Waals surface area contributed by atoms with Gasteiger partial charge < -0.3 is 0 Å². The molecule has 0 unspecified atom stereocenters. The first kappa shape index (κ1) is 8.92. The summed E-state index contributed by atoms with van der Waals surface area (Å²) in [6.07, 6.45) is 1.38. The molecule has 0 radical (unpaired) electrons. The van der Waals surface area contributed by atoms with Gasteiger partial charge in [-0.15, -0.1) is 0 Å². The summed E-state index contributed by atoms with van der Waals surface area (Å²) < 4.78 is 1.32. The Morgan fingerprint density at radius 3 is 3.07 bits per heavy atom. The van der Waals surface area contributed by atoms with Gasteiger partial charge in [-0.3, -0.25) is 10.2 Å². The van der Waals surface area contributed by atoms with Crippen molar-refractivity contribution in [2.75, 3.05) is 0 Å². The number of aromatic nitrogens is 3. The second-order valence-corrected chi connectivity index (χ2v) is 2.93. The van der Waals surface area contributed by atoms with Crippen molar-refractivity contribution in [1.82, 2.24) is 20.0 Å². The standard InChI is InChI=1S/C7H6ClN5O/c8-5-1-2-6-10-3-4(7(14)11-9)13(6)12-5/h1-3H,9H2,(H,11,14). The number of carbonyl (C=O) groups is 1. The van der Waals surface area contributed by atoms with Gasteiger partial charge in [0.1, 0.15) is 5.15 Å². The smallest absolute Gasteiger partial charge is 0.285 e. The molecule has 0 atom stereocenters. The second-order valence-electron chi connectivity index (χ2n) is 2.54. The molecule has 0 fully saturated rings. The quantitative estimate of drug-likeness (QED) is 0.395. The number of amides is 1. The molecule has 72 valence electrons. The van der Waals surface area contributed by atoms with Crippen LogP contribution in [0, 0.1) is 0 Å². The third kappa shape index (κ3) is 1.30. The zero-order chi connectivity index (χ0) is 10.1. The number of halogens is 1. The molecule has 3 N–H and O–H groups in total. The van der Waals surface area contributed by atoms with Crippen molar-refractivity contribution >= 4 is 23.2 Å². The molecule has 2 heterocycles. The summed E-state index contributed by atoms with van der Waals surface area (Å²) in [4.78, 5) is 15.2. The number of nitrogens with one attached hydrogen (secondary N) is 1. The predicted molar refractivity (Wildman–Crippen MR) is 49.7 cm³/mol. The molecule has 0 saturated carbocycles. The van der Waals surface area contributed by atoms with E-state index in [0.717, 1.165) is 0 Å². The van der Waals surface area contributed by atoms with E-state index in [4.69, 9.17) is 17.4 Å². The van der Waals surface area contributed by atoms with E-state index in [1.54, 1.807) is 12.1 Å². The zero-order valence-electron chi connectivity index (χ0n) is 6.94. The molecule has 0 aliphatic heterocycles. The van der Waals surface area contributed by atoms with Crippen LogP contribution in [-0.4, -0.2) is 20.5 Å². The number of imidazole rings is 1. The van der Waals surface area contributed by atoms with Gasteiger partial charge >= 0.3 is 0 Å². The molecule has 2 aromatic rings. The molecule has 7 heteroatoms. The average molecular weight is 212 g/mol. The van der Waals surface area contributed by atoms with Crippen LogP contribution in [-0.2, 0) is 0 Å². The molecule has 0 aromatic carbocycles. The summed E-state index contributed by atoms with van der Waals surface area (Å²) in [6.45, 7) is 0. The Bertz CT molecular complexity index is 494. The van der Waals surface area contributed by atoms with Crippen molar-refractivity contribution < 1.29 is 4.79 Å². The van der Waals surface area contributed by atoms with Crippen molar-refractivity contribution in [3.05, 3.63) is 29.2 Å². The van der Waals surface area contributed by atoms with Crippen molar-refractivity contribution in [3.8, 4) is 0 Å². The Morgan fingerprint density at radius 2 is 2.36 bits per heavy atom. The lowest BCUT2D eigenvalue weighted by Gasteiger charge is -1.98. The van der Waals surface area contributed by atoms with E-state index < -0.39 is 5.91 Å². The number of nitrogens with zero attached hydrogens (tertiary/aromatic N) is 3. The third-order valence-corrected chi connectivity index (χ3v) is 1.90. The number of rotatable bonds is 1. The monoisotopic (exact) mass is 211 g/mol. The van der Waals surface area contributed by atoms with Crippen LogP contribution < -0.4 is 11.3 Å². The van der Waals surface area contributed by atoms with E-state index >= 15 is 0 Å². The number of hydrazine groups is 1. The van der Waals surface area contributed by atoms with Gasteiger partial charge in [0.2, 0.25) is 0 Å². The number of nitrogen functional groups attached to an aromatic ring is 1. The van der Waals surface area contributed by atoms with Crippen molar-refractivity contribution in [2.45, 2.75) is 0 Å². The summed E-state index contributed by atoms with van der Waals surface area (Å²) in [7, 11) is 0. The molecule has 14 heavy (non-hydrogen) atoms. The molecule has 2 rings (SSSR count). The van der Waals surface area contributed by atoms with Crippen molar-refractivity contribution in [3.63, 3.8) is 0 Å². The maximum Gasteiger partial charge on any atom is 0.285 e. The Hall–Kier alpha value is -1.66. The molecule has 0 spiro atoms. The average Bonchev–Trinajstić information content (AvgIpc) is 2.59. The highest BCUT2D eigenvalue weighted by Crippen LogP contribution is 2.08. The summed E-state index contributed by atoms with van der Waals surface area (Å²) in [5.74, 6) is 4.53. The van der Waals surface area contributed by atoms with Crippen LogP contribution >= 0.6 is 11.6 Å². The Kier molecular flexibility index (Phi) is 2.06. The van der Waals surface area contributed by atoms with Crippen LogP contribution in [0.1, 0.15) is 10.5 Å². The van der Waals surface area contributed by atoms with Gasteiger partial charge in [0.15, 0.2) is 11.3 Å². The second kappa shape index (κ2) is 3.24. The van der Waals surface area contributed by atoms with Crippen LogP contribution in [0.5, 0.6) is 0 Å². The minimum Gasteiger partial charge on any atom is -0.289 e. The van der Waals surface area contributed by atoms with Crippen LogP contribution in [0.25, 0.3) is 5.65 Å². The van der Waals surface area contributed by atoms with E-state index in [2.05, 4.69) is 10.1 Å². The van der Waals surface area contributed by atoms with Gasteiger partial charge in [-0.1, -0.05) is 11.6 Å². The number of nitrogens with two attached hydrogens (primary N) is 1. The lowest BCUT2D eigenvalue weighted by Crippen LogP contribution is -2.31. The third-order valence-electron chi connectivity index (χ3n) is 1.69. The summed E-state index contributed by atoms with van der Waals surface area (Å²) in [5.41, 5.74) is 2.77. The SMILES string of the molecule is NNC(=O)c1cnc2ccc(Cl)nn12. The highest BCUT2D eigenvalue weighted by molar-refractivity contribution is 6.29. The lowest BCUT2D eigenvalue weighted by atomic mass is 10.4. The largest absolute Gasteiger partial charge is 0.289 e. The Balaban J connectivity index is 2.67. The maximum atomic E-state index is 11.2. The van der Waals surface area contributed by atoms with E-state index in [1.807, 2.05) is 5.43 Å². The highest BCUT2D eigenvalue weighted by Gasteiger charge is 2.11. The molecular formula is C7H6ClN5O. The molecule has 2 aromatic heterocycles. The van der Waals surface area contributed by atoms with E-state index in [-0.39, 0.29) is 10.8 Å². The summed E-state index contributed by atoms with van der Waals surface area (Å²) in [6, 6.07) is 3.25. The van der Waals surface area contributed by atoms with E-state index in [1.165, 1.54) is 10.7 Å². The lowest BCUT2D eigenvalue weighted by molar-refractivity contribution is 0.0946. The fourth-order valence-electron chi connectivity index (χ4n) is 1.08. The van der Waals surface area contributed by atoms with Crippen LogP contribution in [0.2, 0.25) is 5.15 Å². The molecule has 1 amide bonds. The normalized spacial score (nSPS) is 10.4. The first-order chi connectivity index (χ1) is 6.72. The van der Waals surface area contributed by atoms with Crippen molar-refractivity contribution in [1.29, 1.82) is 0 Å². The van der Waals surface area contributed by atoms with E-state index in [0.29, 0.717) is 5.65 Å². The molecule has 6 nitrogen and oxygen atoms in total. The van der Waals surface area contributed by atoms with Crippen LogP contribution in [0.3, 0.4) is 0 Å². The van der Waals surface area contributed by atoms with Gasteiger partial charge in [-0.25, -0.2) is 15.3 Å². The van der Waals surface area contributed by atoms with Gasteiger partial charge in [-0.2, -0.15) is 5.10 Å². The fourth-order valence-corrected chi connectivity index (χ4v) is 1.22. The Morgan fingerprint density at radius 1 is 1.57 bits per heavy atom. The Labute approximate surface area is 83.6 Å². The topological polar surface area (TPSA) is 85.3 Å². The summed E-state index contributed by atoms with van der Waals surface area (Å²) >= 11 is 5.67. The predicted octanol–water partition coefficient (Wildman–Crippen LogP) is -0.0138. The van der Waals surface area contributed by atoms with Gasteiger partial charge in [0.05, 0.1) is 6.20 Å². The first-order valence-corrected chi connectivity index (χ1v) is 4.11. The number of hydrogen-bond acceptors (Lipinski definition) is 4. The van der Waals surface area contributed by atoms with Gasteiger partial charge in [0, 0.05) is 0 Å². The van der Waals surface area contributed by atoms with E-state index in [9.17, 15) is 4.79 Å². The number of fused-ring (bicyclic) bond motifs is 1. The maximum absolute atomic E-state index is 11.2. The van der Waals surface area contributed by atoms with Gasteiger partial charge in [0.25, 0.3) is 5.91 Å². The molecule has 0 aliphatic rings. The van der Waals surface area contributed by atoms with Gasteiger partial charge in [-0.05, 0) is 12.1 Å². The number of hydrogen-bond donors (Lipinski definition) is 2. The highest BCUT2D eigenvalue weighted by atomic mass is 35.5. The zero-order valence-corrected chi connectivity index (χ0v) is 7.69. The minimum absolute atomic E-state index is 0.241. The van der Waals surface area contributed by atoms with Crippen molar-refractivity contribution in [2.24, 2.45) is 5.84 Å². The summed E-state index contributed by atoms with van der Waals surface area (Å²) in [5, 5.41) is 4.19. The first-order valence-electron chi connectivity index (χ1n) is 3.73. The molecule has 0 saturated heterocycles. The molecule has 0 aliphatic carbocycles. The molecule has 0 bridgehead atoms. The number of carbonyl (C=O) groups excluding carboxylic acids is 1. The van der Waals surface area contributed by atoms with Crippen LogP contribution in [0.15, 0.2) is 18.3 Å². The fraction of sp³-hybridized carbons (Fsp3) is 0. The minimum atomic E-state index is -0.465. The van der Waals surface area contributed by atoms with Crippen LogP contribution in [0.4, 0.5) is 0 Å². The molecular weight excluding hydrogens is 206 g/mol.